The van der Waals surface area contributed by atoms with Gasteiger partial charge in [0.05, 0.1) is 0 Å². The second-order valence-electron chi connectivity index (χ2n) is 4.14. The van der Waals surface area contributed by atoms with Gasteiger partial charge in [-0.15, -0.1) is 0 Å². The van der Waals surface area contributed by atoms with Crippen LogP contribution in [0, 0.1) is 0 Å². The van der Waals surface area contributed by atoms with E-state index >= 15 is 0 Å². The van der Waals surface area contributed by atoms with Gasteiger partial charge in [0.2, 0.25) is 0 Å². The molecule has 90 valence electrons. The molecule has 2 nitrogen and oxygen atoms in total. The highest BCUT2D eigenvalue weighted by Crippen LogP contribution is 2.40. The summed E-state index contributed by atoms with van der Waals surface area (Å²) in [6.45, 7) is 0. The average Bonchev–Trinajstić information content (AvgIpc) is 2.68. The lowest BCUT2D eigenvalue weighted by atomic mass is 10.1. The Morgan fingerprint density at radius 3 is 2.67 bits per heavy atom. The molecule has 0 amide bonds. The van der Waals surface area contributed by atoms with Gasteiger partial charge in [0, 0.05) is 10.6 Å². The van der Waals surface area contributed by atoms with Gasteiger partial charge in [-0.2, -0.15) is 0 Å². The number of halogens is 1. The van der Waals surface area contributed by atoms with E-state index in [1.54, 1.807) is 18.2 Å². The molecule has 1 aliphatic heterocycles. The molecule has 1 aliphatic rings. The minimum atomic E-state index is -0.751. The van der Waals surface area contributed by atoms with Gasteiger partial charge in [0.25, 0.3) is 0 Å². The molecule has 18 heavy (non-hydrogen) atoms. The highest BCUT2D eigenvalue weighted by molar-refractivity contribution is 6.30. The van der Waals surface area contributed by atoms with E-state index in [2.05, 4.69) is 0 Å². The van der Waals surface area contributed by atoms with Crippen molar-refractivity contribution in [1.82, 2.24) is 0 Å². The van der Waals surface area contributed by atoms with Crippen molar-refractivity contribution in [3.63, 3.8) is 0 Å². The molecule has 1 heterocycles. The lowest BCUT2D eigenvalue weighted by Crippen LogP contribution is -1.96. The van der Waals surface area contributed by atoms with Crippen LogP contribution in [0.3, 0.4) is 0 Å². The van der Waals surface area contributed by atoms with Crippen LogP contribution in [0.1, 0.15) is 17.2 Å². The van der Waals surface area contributed by atoms with Gasteiger partial charge in [-0.1, -0.05) is 41.9 Å². The molecule has 0 bridgehead atoms. The molecular weight excluding hydrogens is 248 g/mol. The van der Waals surface area contributed by atoms with Crippen LogP contribution in [0.4, 0.5) is 0 Å². The molecule has 1 N–H and O–H groups in total. The van der Waals surface area contributed by atoms with Gasteiger partial charge in [0.1, 0.15) is 17.6 Å². The van der Waals surface area contributed by atoms with Crippen molar-refractivity contribution in [2.45, 2.75) is 6.10 Å². The summed E-state index contributed by atoms with van der Waals surface area (Å²) in [5.74, 6) is 1.19. The molecule has 1 unspecified atom stereocenters. The maximum atomic E-state index is 10.2. The SMILES string of the molecule is OC1/C(=C/c2ccccc2)Oc2ccc(Cl)cc21. The highest BCUT2D eigenvalue weighted by Gasteiger charge is 2.27. The quantitative estimate of drug-likeness (QED) is 0.843. The predicted octanol–water partition coefficient (Wildman–Crippen LogP) is 3.81. The van der Waals surface area contributed by atoms with E-state index in [-0.39, 0.29) is 0 Å². The van der Waals surface area contributed by atoms with Crippen molar-refractivity contribution in [1.29, 1.82) is 0 Å². The van der Waals surface area contributed by atoms with Crippen LogP contribution in [0.5, 0.6) is 5.75 Å². The van der Waals surface area contributed by atoms with Crippen molar-refractivity contribution in [2.24, 2.45) is 0 Å². The number of ether oxygens (including phenoxy) is 1. The Balaban J connectivity index is 1.97. The number of benzene rings is 2. The molecule has 2 aromatic rings. The van der Waals surface area contributed by atoms with Crippen molar-refractivity contribution < 1.29 is 9.84 Å². The van der Waals surface area contributed by atoms with Crippen LogP contribution in [-0.4, -0.2) is 5.11 Å². The molecule has 1 atom stereocenters. The van der Waals surface area contributed by atoms with E-state index in [9.17, 15) is 5.11 Å². The fraction of sp³-hybridized carbons (Fsp3) is 0.0667. The Labute approximate surface area is 110 Å². The first-order valence-corrected chi connectivity index (χ1v) is 6.04. The van der Waals surface area contributed by atoms with Crippen molar-refractivity contribution in [3.8, 4) is 5.75 Å². The highest BCUT2D eigenvalue weighted by atomic mass is 35.5. The standard InChI is InChI=1S/C15H11ClO2/c16-11-6-7-13-12(9-11)15(17)14(18-13)8-10-4-2-1-3-5-10/h1-9,15,17H/b14-8-. The zero-order valence-corrected chi connectivity index (χ0v) is 10.3. The normalized spacial score (nSPS) is 19.7. The first-order chi connectivity index (χ1) is 8.74. The van der Waals surface area contributed by atoms with Crippen LogP contribution in [0.25, 0.3) is 6.08 Å². The number of fused-ring (bicyclic) bond motifs is 1. The lowest BCUT2D eigenvalue weighted by Gasteiger charge is -2.03. The third-order valence-corrected chi connectivity index (χ3v) is 3.11. The second-order valence-corrected chi connectivity index (χ2v) is 4.58. The van der Waals surface area contributed by atoms with Crippen LogP contribution < -0.4 is 4.74 Å². The first-order valence-electron chi connectivity index (χ1n) is 5.66. The molecule has 0 radical (unpaired) electrons. The molecule has 0 aliphatic carbocycles. The molecule has 0 spiro atoms. The Morgan fingerprint density at radius 1 is 1.11 bits per heavy atom. The summed E-state index contributed by atoms with van der Waals surface area (Å²) in [5, 5.41) is 10.8. The maximum Gasteiger partial charge on any atom is 0.140 e. The van der Waals surface area contributed by atoms with Crippen molar-refractivity contribution in [2.75, 3.05) is 0 Å². The topological polar surface area (TPSA) is 29.5 Å². The number of aliphatic hydroxyl groups excluding tert-OH is 1. The zero-order chi connectivity index (χ0) is 12.5. The third-order valence-electron chi connectivity index (χ3n) is 2.87. The average molecular weight is 259 g/mol. The number of aliphatic hydroxyl groups is 1. The molecule has 0 saturated heterocycles. The van der Waals surface area contributed by atoms with E-state index in [0.717, 1.165) is 5.56 Å². The molecule has 2 aromatic carbocycles. The number of hydrogen-bond donors (Lipinski definition) is 1. The lowest BCUT2D eigenvalue weighted by molar-refractivity contribution is 0.193. The van der Waals surface area contributed by atoms with Gasteiger partial charge in [0.15, 0.2) is 0 Å². The maximum absolute atomic E-state index is 10.2. The number of rotatable bonds is 1. The van der Waals surface area contributed by atoms with Crippen LogP contribution >= 0.6 is 11.6 Å². The molecule has 0 fully saturated rings. The molecule has 3 rings (SSSR count). The Hall–Kier alpha value is -1.77. The van der Waals surface area contributed by atoms with Crippen molar-refractivity contribution in [3.05, 3.63) is 70.4 Å². The predicted molar refractivity (Wildman–Crippen MR) is 71.5 cm³/mol. The Bertz CT molecular complexity index is 605. The van der Waals surface area contributed by atoms with Gasteiger partial charge < -0.3 is 9.84 Å². The second kappa shape index (κ2) is 4.48. The van der Waals surface area contributed by atoms with Gasteiger partial charge >= 0.3 is 0 Å². The Morgan fingerprint density at radius 2 is 1.89 bits per heavy atom. The fourth-order valence-electron chi connectivity index (χ4n) is 1.98. The van der Waals surface area contributed by atoms with E-state index < -0.39 is 6.10 Å². The summed E-state index contributed by atoms with van der Waals surface area (Å²) in [5.41, 5.74) is 1.70. The van der Waals surface area contributed by atoms with E-state index in [0.29, 0.717) is 22.1 Å². The van der Waals surface area contributed by atoms with Gasteiger partial charge in [-0.3, -0.25) is 0 Å². The van der Waals surface area contributed by atoms with E-state index in [1.807, 2.05) is 36.4 Å². The summed E-state index contributed by atoms with van der Waals surface area (Å²) in [6, 6.07) is 15.0. The first kappa shape index (κ1) is 11.3. The smallest absolute Gasteiger partial charge is 0.140 e. The van der Waals surface area contributed by atoms with E-state index in [4.69, 9.17) is 16.3 Å². The zero-order valence-electron chi connectivity index (χ0n) is 9.51. The summed E-state index contributed by atoms with van der Waals surface area (Å²) in [7, 11) is 0. The monoisotopic (exact) mass is 258 g/mol. The van der Waals surface area contributed by atoms with Crippen LogP contribution in [-0.2, 0) is 0 Å². The van der Waals surface area contributed by atoms with E-state index in [1.165, 1.54) is 0 Å². The van der Waals surface area contributed by atoms with Crippen molar-refractivity contribution >= 4 is 17.7 Å². The molecule has 3 heteroatoms. The molecular formula is C15H11ClO2. The minimum absolute atomic E-state index is 0.526. The van der Waals surface area contributed by atoms with Gasteiger partial charge in [-0.05, 0) is 29.8 Å². The molecule has 0 saturated carbocycles. The van der Waals surface area contributed by atoms with Gasteiger partial charge in [-0.25, -0.2) is 0 Å². The van der Waals surface area contributed by atoms with Crippen LogP contribution in [0.15, 0.2) is 54.3 Å². The summed E-state index contributed by atoms with van der Waals surface area (Å²) in [4.78, 5) is 0. The van der Waals surface area contributed by atoms with Crippen LogP contribution in [0.2, 0.25) is 5.02 Å². The Kier molecular flexibility index (Phi) is 2.82. The minimum Gasteiger partial charge on any atom is -0.458 e. The largest absolute Gasteiger partial charge is 0.458 e. The number of hydrogen-bond acceptors (Lipinski definition) is 2. The summed E-state index contributed by atoms with van der Waals surface area (Å²) in [6.07, 6.45) is 1.08. The molecule has 0 aromatic heterocycles. The fourth-order valence-corrected chi connectivity index (χ4v) is 2.16. The summed E-state index contributed by atoms with van der Waals surface area (Å²) >= 11 is 5.91. The summed E-state index contributed by atoms with van der Waals surface area (Å²) < 4.78 is 5.63. The third kappa shape index (κ3) is 2.01.